The van der Waals surface area contributed by atoms with Crippen molar-refractivity contribution in [2.24, 2.45) is 10.7 Å². The molecule has 0 heterocycles. The van der Waals surface area contributed by atoms with Crippen LogP contribution in [0.25, 0.3) is 0 Å². The molecule has 0 saturated heterocycles. The number of nitrogens with one attached hydrogen (secondary N) is 1. The summed E-state index contributed by atoms with van der Waals surface area (Å²) >= 11 is 5.55. The first-order valence-corrected chi connectivity index (χ1v) is 8.63. The Hall–Kier alpha value is -2.25. The molecular weight excluding hydrogens is 338 g/mol. The van der Waals surface area contributed by atoms with Crippen LogP contribution in [0.2, 0.25) is 0 Å². The molecule has 0 spiro atoms. The molecule has 0 unspecified atom stereocenters. The van der Waals surface area contributed by atoms with E-state index in [9.17, 15) is 8.42 Å². The number of sulfonamides is 1. The van der Waals surface area contributed by atoms with Crippen LogP contribution in [-0.2, 0) is 10.0 Å². The van der Waals surface area contributed by atoms with Gasteiger partial charge in [-0.2, -0.15) is 0 Å². The quantitative estimate of drug-likeness (QED) is 0.474. The standard InChI is InChI=1S/C15H16ClN3O3S/c1-22-14-5-3-2-4-13(14)19-23(20,21)12-8-6-11(7-9-12)18-15(17)10-16/h2-9,19H,10H2,1H3,(H2,17,18). The van der Waals surface area contributed by atoms with Gasteiger partial charge in [0.25, 0.3) is 10.0 Å². The molecule has 0 aliphatic rings. The van der Waals surface area contributed by atoms with Gasteiger partial charge >= 0.3 is 0 Å². The number of methoxy groups -OCH3 is 1. The Kier molecular flexibility index (Phi) is 5.46. The predicted octanol–water partition coefficient (Wildman–Crippen LogP) is 2.72. The molecule has 23 heavy (non-hydrogen) atoms. The maximum Gasteiger partial charge on any atom is 0.262 e. The highest BCUT2D eigenvalue weighted by atomic mass is 35.5. The van der Waals surface area contributed by atoms with Crippen molar-refractivity contribution >= 4 is 38.8 Å². The molecule has 8 heteroatoms. The number of para-hydroxylation sites is 2. The van der Waals surface area contributed by atoms with Crippen LogP contribution in [0.1, 0.15) is 0 Å². The number of nitrogens with zero attached hydrogens (tertiary/aromatic N) is 1. The van der Waals surface area contributed by atoms with E-state index in [0.29, 0.717) is 17.1 Å². The highest BCUT2D eigenvalue weighted by Gasteiger charge is 2.16. The van der Waals surface area contributed by atoms with Gasteiger partial charge in [-0.15, -0.1) is 11.6 Å². The van der Waals surface area contributed by atoms with Crippen LogP contribution >= 0.6 is 11.6 Å². The molecular formula is C15H16ClN3O3S. The zero-order chi connectivity index (χ0) is 16.9. The fraction of sp³-hybridized carbons (Fsp3) is 0.133. The number of anilines is 1. The van der Waals surface area contributed by atoms with Gasteiger partial charge in [-0.3, -0.25) is 4.72 Å². The normalized spacial score (nSPS) is 12.0. The molecule has 6 nitrogen and oxygen atoms in total. The number of hydrogen-bond acceptors (Lipinski definition) is 4. The Bertz CT molecular complexity index is 805. The Morgan fingerprint density at radius 1 is 1.22 bits per heavy atom. The Balaban J connectivity index is 2.26. The molecule has 0 atom stereocenters. The Morgan fingerprint density at radius 2 is 1.87 bits per heavy atom. The summed E-state index contributed by atoms with van der Waals surface area (Å²) in [6.45, 7) is 0. The summed E-state index contributed by atoms with van der Waals surface area (Å²) in [6, 6.07) is 12.8. The van der Waals surface area contributed by atoms with Gasteiger partial charge in [0.1, 0.15) is 11.6 Å². The van der Waals surface area contributed by atoms with E-state index in [1.165, 1.54) is 19.2 Å². The molecule has 0 aliphatic heterocycles. The van der Waals surface area contributed by atoms with Crippen LogP contribution in [0, 0.1) is 0 Å². The van der Waals surface area contributed by atoms with Crippen molar-refractivity contribution in [1.82, 2.24) is 0 Å². The Labute approximate surface area is 140 Å². The van der Waals surface area contributed by atoms with E-state index in [1.54, 1.807) is 36.4 Å². The molecule has 0 bridgehead atoms. The van der Waals surface area contributed by atoms with Crippen LogP contribution in [-0.4, -0.2) is 27.2 Å². The number of benzene rings is 2. The average Bonchev–Trinajstić information content (AvgIpc) is 2.55. The molecule has 2 aromatic carbocycles. The second-order valence-electron chi connectivity index (χ2n) is 4.54. The maximum atomic E-state index is 12.4. The summed E-state index contributed by atoms with van der Waals surface area (Å²) < 4.78 is 32.4. The van der Waals surface area contributed by atoms with Gasteiger partial charge in [-0.1, -0.05) is 12.1 Å². The predicted molar refractivity (Wildman–Crippen MR) is 92.2 cm³/mol. The number of nitrogens with two attached hydrogens (primary N) is 1. The first kappa shape index (κ1) is 17.1. The van der Waals surface area contributed by atoms with Crippen LogP contribution in [0.15, 0.2) is 58.4 Å². The van der Waals surface area contributed by atoms with Gasteiger partial charge in [0.2, 0.25) is 0 Å². The number of rotatable bonds is 6. The molecule has 0 saturated carbocycles. The fourth-order valence-electron chi connectivity index (χ4n) is 1.83. The molecule has 0 fully saturated rings. The summed E-state index contributed by atoms with van der Waals surface area (Å²) in [7, 11) is -2.26. The molecule has 0 aliphatic carbocycles. The molecule has 0 radical (unpaired) electrons. The Morgan fingerprint density at radius 3 is 2.48 bits per heavy atom. The molecule has 2 aromatic rings. The van der Waals surface area contributed by atoms with Crippen molar-refractivity contribution in [3.8, 4) is 5.75 Å². The second-order valence-corrected chi connectivity index (χ2v) is 6.49. The zero-order valence-electron chi connectivity index (χ0n) is 12.4. The van der Waals surface area contributed by atoms with E-state index in [0.717, 1.165) is 0 Å². The minimum Gasteiger partial charge on any atom is -0.495 e. The summed E-state index contributed by atoms with van der Waals surface area (Å²) in [4.78, 5) is 4.14. The van der Waals surface area contributed by atoms with Crippen molar-refractivity contribution < 1.29 is 13.2 Å². The number of halogens is 1. The summed E-state index contributed by atoms with van der Waals surface area (Å²) in [5, 5.41) is 0. The number of amidine groups is 1. The lowest BCUT2D eigenvalue weighted by atomic mass is 10.3. The molecule has 0 amide bonds. The highest BCUT2D eigenvalue weighted by Crippen LogP contribution is 2.26. The van der Waals surface area contributed by atoms with Gasteiger partial charge in [-0.25, -0.2) is 13.4 Å². The van der Waals surface area contributed by atoms with E-state index in [4.69, 9.17) is 22.1 Å². The largest absolute Gasteiger partial charge is 0.495 e. The van der Waals surface area contributed by atoms with Gasteiger partial charge in [0.15, 0.2) is 0 Å². The van der Waals surface area contributed by atoms with Crippen LogP contribution in [0.5, 0.6) is 5.75 Å². The van der Waals surface area contributed by atoms with Crippen molar-refractivity contribution in [3.05, 3.63) is 48.5 Å². The SMILES string of the molecule is COc1ccccc1NS(=O)(=O)c1ccc(N=C(N)CCl)cc1. The lowest BCUT2D eigenvalue weighted by Gasteiger charge is -2.11. The van der Waals surface area contributed by atoms with Crippen molar-refractivity contribution in [2.75, 3.05) is 17.7 Å². The zero-order valence-corrected chi connectivity index (χ0v) is 13.9. The van der Waals surface area contributed by atoms with Gasteiger partial charge in [0, 0.05) is 0 Å². The smallest absolute Gasteiger partial charge is 0.262 e. The first-order chi connectivity index (χ1) is 11.0. The van der Waals surface area contributed by atoms with Crippen molar-refractivity contribution in [3.63, 3.8) is 0 Å². The third-order valence-corrected chi connectivity index (χ3v) is 4.56. The summed E-state index contributed by atoms with van der Waals surface area (Å²) in [5.74, 6) is 0.802. The maximum absolute atomic E-state index is 12.4. The fourth-order valence-corrected chi connectivity index (χ4v) is 2.96. The third-order valence-electron chi connectivity index (χ3n) is 2.91. The van der Waals surface area contributed by atoms with E-state index >= 15 is 0 Å². The molecule has 3 N–H and O–H groups in total. The van der Waals surface area contributed by atoms with Crippen LogP contribution in [0.4, 0.5) is 11.4 Å². The lowest BCUT2D eigenvalue weighted by molar-refractivity contribution is 0.417. The van der Waals surface area contributed by atoms with Crippen molar-refractivity contribution in [2.45, 2.75) is 4.90 Å². The van der Waals surface area contributed by atoms with Gasteiger partial charge in [-0.05, 0) is 36.4 Å². The minimum atomic E-state index is -3.73. The van der Waals surface area contributed by atoms with Gasteiger partial charge < -0.3 is 10.5 Å². The number of hydrogen-bond donors (Lipinski definition) is 2. The lowest BCUT2D eigenvalue weighted by Crippen LogP contribution is -2.13. The third kappa shape index (κ3) is 4.37. The van der Waals surface area contributed by atoms with E-state index in [2.05, 4.69) is 9.71 Å². The summed E-state index contributed by atoms with van der Waals surface area (Å²) in [5.41, 5.74) is 6.43. The van der Waals surface area contributed by atoms with E-state index < -0.39 is 10.0 Å². The van der Waals surface area contributed by atoms with Crippen molar-refractivity contribution in [1.29, 1.82) is 0 Å². The number of aliphatic imine (C=N–C) groups is 1. The first-order valence-electron chi connectivity index (χ1n) is 6.61. The topological polar surface area (TPSA) is 93.8 Å². The molecule has 122 valence electrons. The summed E-state index contributed by atoms with van der Waals surface area (Å²) in [6.07, 6.45) is 0. The minimum absolute atomic E-state index is 0.104. The monoisotopic (exact) mass is 353 g/mol. The van der Waals surface area contributed by atoms with E-state index in [-0.39, 0.29) is 16.6 Å². The van der Waals surface area contributed by atoms with Crippen LogP contribution in [0.3, 0.4) is 0 Å². The average molecular weight is 354 g/mol. The highest BCUT2D eigenvalue weighted by molar-refractivity contribution is 7.92. The number of alkyl halides is 1. The second kappa shape index (κ2) is 7.34. The number of ether oxygens (including phenoxy) is 1. The van der Waals surface area contributed by atoms with Crippen LogP contribution < -0.4 is 15.2 Å². The molecule has 2 rings (SSSR count). The molecule has 0 aromatic heterocycles. The van der Waals surface area contributed by atoms with Gasteiger partial charge in [0.05, 0.1) is 29.3 Å². The van der Waals surface area contributed by atoms with E-state index in [1.807, 2.05) is 0 Å².